The van der Waals surface area contributed by atoms with Gasteiger partial charge in [-0.25, -0.2) is 4.98 Å². The summed E-state index contributed by atoms with van der Waals surface area (Å²) < 4.78 is 5.53. The van der Waals surface area contributed by atoms with Crippen molar-refractivity contribution in [3.63, 3.8) is 0 Å². The molecule has 33 heavy (non-hydrogen) atoms. The molecule has 0 spiro atoms. The van der Waals surface area contributed by atoms with Gasteiger partial charge in [-0.1, -0.05) is 24.3 Å². The van der Waals surface area contributed by atoms with E-state index < -0.39 is 5.41 Å². The largest absolute Gasteiger partial charge is 0.496 e. The monoisotopic (exact) mass is 444 g/mol. The number of aromatic nitrogens is 3. The zero-order chi connectivity index (χ0) is 22.8. The standard InChI is InChI=1S/C25H28N6O2/c1-18-7-8-21(26-17-18)27-22-9-10-23(29-28-22)30-13-15-31(16-14-30)24(32)25(11-12-25)19-5-3-4-6-20(19)33-2/h3-10,17H,11-16H2,1-2H3,(H,26,27,28). The number of piperazine rings is 1. The first-order valence-electron chi connectivity index (χ1n) is 11.3. The molecular weight excluding hydrogens is 416 g/mol. The molecule has 0 unspecified atom stereocenters. The fraction of sp³-hybridized carbons (Fsp3) is 0.360. The number of rotatable bonds is 6. The Morgan fingerprint density at radius 3 is 2.36 bits per heavy atom. The van der Waals surface area contributed by atoms with Gasteiger partial charge in [0.2, 0.25) is 5.91 Å². The lowest BCUT2D eigenvalue weighted by Gasteiger charge is -2.37. The first-order chi connectivity index (χ1) is 16.1. The predicted molar refractivity (Wildman–Crippen MR) is 127 cm³/mol. The van der Waals surface area contributed by atoms with Gasteiger partial charge in [-0.15, -0.1) is 10.2 Å². The number of nitrogens with one attached hydrogen (secondary N) is 1. The third-order valence-electron chi connectivity index (χ3n) is 6.49. The number of nitrogens with zero attached hydrogens (tertiary/aromatic N) is 5. The quantitative estimate of drug-likeness (QED) is 0.624. The second kappa shape index (κ2) is 8.69. The normalized spacial score (nSPS) is 16.9. The smallest absolute Gasteiger partial charge is 0.233 e. The van der Waals surface area contributed by atoms with E-state index in [1.54, 1.807) is 7.11 Å². The predicted octanol–water partition coefficient (Wildman–Crippen LogP) is 3.31. The number of carbonyl (C=O) groups is 1. The van der Waals surface area contributed by atoms with Crippen molar-refractivity contribution in [2.75, 3.05) is 43.5 Å². The van der Waals surface area contributed by atoms with Crippen LogP contribution in [0.25, 0.3) is 0 Å². The number of carbonyl (C=O) groups excluding carboxylic acids is 1. The minimum absolute atomic E-state index is 0.211. The van der Waals surface area contributed by atoms with Crippen LogP contribution in [0, 0.1) is 6.92 Å². The molecule has 2 aliphatic rings. The van der Waals surface area contributed by atoms with Crippen LogP contribution < -0.4 is 15.0 Å². The minimum Gasteiger partial charge on any atom is -0.496 e. The summed E-state index contributed by atoms with van der Waals surface area (Å²) in [5, 5.41) is 11.8. The zero-order valence-electron chi connectivity index (χ0n) is 19.0. The van der Waals surface area contributed by atoms with Crippen LogP contribution in [-0.2, 0) is 10.2 Å². The van der Waals surface area contributed by atoms with Gasteiger partial charge in [0.05, 0.1) is 12.5 Å². The summed E-state index contributed by atoms with van der Waals surface area (Å²) in [6.07, 6.45) is 3.56. The molecule has 1 aromatic carbocycles. The van der Waals surface area contributed by atoms with Gasteiger partial charge in [-0.3, -0.25) is 4.79 Å². The van der Waals surface area contributed by atoms with Gasteiger partial charge in [0.15, 0.2) is 11.6 Å². The van der Waals surface area contributed by atoms with Gasteiger partial charge in [-0.05, 0) is 49.6 Å². The highest BCUT2D eigenvalue weighted by atomic mass is 16.5. The van der Waals surface area contributed by atoms with E-state index in [0.29, 0.717) is 18.9 Å². The maximum atomic E-state index is 13.4. The second-order valence-corrected chi connectivity index (χ2v) is 8.68. The van der Waals surface area contributed by atoms with Gasteiger partial charge in [0.25, 0.3) is 0 Å². The number of hydrogen-bond donors (Lipinski definition) is 1. The molecule has 8 heteroatoms. The van der Waals surface area contributed by atoms with Gasteiger partial charge >= 0.3 is 0 Å². The second-order valence-electron chi connectivity index (χ2n) is 8.68. The van der Waals surface area contributed by atoms with E-state index in [2.05, 4.69) is 25.4 Å². The molecule has 1 amide bonds. The molecule has 5 rings (SSSR count). The Bertz CT molecular complexity index is 1120. The highest BCUT2D eigenvalue weighted by Crippen LogP contribution is 2.52. The summed E-state index contributed by atoms with van der Waals surface area (Å²) in [6.45, 7) is 4.81. The number of pyridine rings is 1. The lowest BCUT2D eigenvalue weighted by molar-refractivity contribution is -0.134. The average molecular weight is 445 g/mol. The van der Waals surface area contributed by atoms with Crippen molar-refractivity contribution in [1.82, 2.24) is 20.1 Å². The molecule has 0 atom stereocenters. The Morgan fingerprint density at radius 2 is 1.73 bits per heavy atom. The Kier molecular flexibility index (Phi) is 5.58. The molecular formula is C25H28N6O2. The lowest BCUT2D eigenvalue weighted by Crippen LogP contribution is -2.51. The summed E-state index contributed by atoms with van der Waals surface area (Å²) in [4.78, 5) is 21.9. The summed E-state index contributed by atoms with van der Waals surface area (Å²) in [6, 6.07) is 15.7. The maximum Gasteiger partial charge on any atom is 0.233 e. The molecule has 1 aliphatic heterocycles. The molecule has 1 aliphatic carbocycles. The van der Waals surface area contributed by atoms with Crippen LogP contribution in [0.2, 0.25) is 0 Å². The summed E-state index contributed by atoms with van der Waals surface area (Å²) in [7, 11) is 1.66. The number of ether oxygens (including phenoxy) is 1. The molecule has 1 saturated carbocycles. The molecule has 0 bridgehead atoms. The van der Waals surface area contributed by atoms with Crippen LogP contribution in [0.4, 0.5) is 17.5 Å². The van der Waals surface area contributed by atoms with Crippen molar-refractivity contribution in [3.05, 3.63) is 65.9 Å². The van der Waals surface area contributed by atoms with E-state index in [-0.39, 0.29) is 5.91 Å². The van der Waals surface area contributed by atoms with Crippen LogP contribution in [-0.4, -0.2) is 59.3 Å². The zero-order valence-corrected chi connectivity index (χ0v) is 19.0. The molecule has 8 nitrogen and oxygen atoms in total. The molecule has 3 aromatic rings. The number of para-hydroxylation sites is 1. The van der Waals surface area contributed by atoms with Crippen LogP contribution in [0.5, 0.6) is 5.75 Å². The molecule has 1 N–H and O–H groups in total. The number of amides is 1. The van der Waals surface area contributed by atoms with Gasteiger partial charge < -0.3 is 19.9 Å². The Labute approximate surface area is 193 Å². The number of aryl methyl sites for hydroxylation is 1. The van der Waals surface area contributed by atoms with Crippen molar-refractivity contribution < 1.29 is 9.53 Å². The molecule has 170 valence electrons. The van der Waals surface area contributed by atoms with E-state index >= 15 is 0 Å². The Morgan fingerprint density at radius 1 is 0.970 bits per heavy atom. The third-order valence-corrected chi connectivity index (χ3v) is 6.49. The fourth-order valence-electron chi connectivity index (χ4n) is 4.44. The van der Waals surface area contributed by atoms with Crippen LogP contribution in [0.15, 0.2) is 54.7 Å². The lowest BCUT2D eigenvalue weighted by atomic mass is 9.93. The Hall–Kier alpha value is -3.68. The fourth-order valence-corrected chi connectivity index (χ4v) is 4.44. The van der Waals surface area contributed by atoms with Crippen molar-refractivity contribution in [1.29, 1.82) is 0 Å². The topological polar surface area (TPSA) is 83.5 Å². The van der Waals surface area contributed by atoms with Crippen molar-refractivity contribution >= 4 is 23.4 Å². The first-order valence-corrected chi connectivity index (χ1v) is 11.3. The van der Waals surface area contributed by atoms with Crippen molar-refractivity contribution in [2.45, 2.75) is 25.2 Å². The summed E-state index contributed by atoms with van der Waals surface area (Å²) in [5.74, 6) is 3.21. The summed E-state index contributed by atoms with van der Waals surface area (Å²) >= 11 is 0. The molecule has 2 fully saturated rings. The highest BCUT2D eigenvalue weighted by Gasteiger charge is 2.54. The maximum absolute atomic E-state index is 13.4. The minimum atomic E-state index is -0.425. The molecule has 2 aromatic heterocycles. The number of methoxy groups -OCH3 is 1. The Balaban J connectivity index is 1.20. The molecule has 0 radical (unpaired) electrons. The van der Waals surface area contributed by atoms with Crippen molar-refractivity contribution in [2.24, 2.45) is 0 Å². The van der Waals surface area contributed by atoms with Gasteiger partial charge in [-0.2, -0.15) is 0 Å². The third kappa shape index (κ3) is 4.20. The summed E-state index contributed by atoms with van der Waals surface area (Å²) in [5.41, 5.74) is 1.69. The van der Waals surface area contributed by atoms with Crippen LogP contribution in [0.1, 0.15) is 24.0 Å². The van der Waals surface area contributed by atoms with Crippen LogP contribution >= 0.6 is 0 Å². The number of anilines is 3. The van der Waals surface area contributed by atoms with E-state index in [4.69, 9.17) is 4.74 Å². The van der Waals surface area contributed by atoms with Gasteiger partial charge in [0.1, 0.15) is 11.6 Å². The molecule has 3 heterocycles. The SMILES string of the molecule is COc1ccccc1C1(C(=O)N2CCN(c3ccc(Nc4ccc(C)cn4)nn3)CC2)CC1. The van der Waals surface area contributed by atoms with E-state index in [0.717, 1.165) is 54.4 Å². The first kappa shape index (κ1) is 21.2. The molecule has 1 saturated heterocycles. The van der Waals surface area contributed by atoms with E-state index in [1.807, 2.05) is 66.6 Å². The number of benzene rings is 1. The van der Waals surface area contributed by atoms with E-state index in [1.165, 1.54) is 0 Å². The van der Waals surface area contributed by atoms with Gasteiger partial charge in [0, 0.05) is 37.9 Å². The van der Waals surface area contributed by atoms with E-state index in [9.17, 15) is 4.79 Å². The number of hydrogen-bond acceptors (Lipinski definition) is 7. The van der Waals surface area contributed by atoms with Crippen molar-refractivity contribution in [3.8, 4) is 5.75 Å². The highest BCUT2D eigenvalue weighted by molar-refractivity contribution is 5.92. The average Bonchev–Trinajstić information content (AvgIpc) is 3.68. The van der Waals surface area contributed by atoms with Crippen LogP contribution in [0.3, 0.4) is 0 Å².